The summed E-state index contributed by atoms with van der Waals surface area (Å²) in [5.74, 6) is 0.847. The second kappa shape index (κ2) is 5.45. The van der Waals surface area contributed by atoms with Crippen LogP contribution in [0.3, 0.4) is 0 Å². The van der Waals surface area contributed by atoms with Crippen LogP contribution in [0, 0.1) is 16.0 Å². The summed E-state index contributed by atoms with van der Waals surface area (Å²) in [5, 5.41) is 15.0. The Labute approximate surface area is 117 Å². The van der Waals surface area contributed by atoms with Gasteiger partial charge in [0.05, 0.1) is 16.0 Å². The lowest BCUT2D eigenvalue weighted by Gasteiger charge is -2.25. The van der Waals surface area contributed by atoms with E-state index in [1.165, 1.54) is 19.3 Å². The van der Waals surface area contributed by atoms with Gasteiger partial charge in [0.2, 0.25) is 0 Å². The molecule has 1 aromatic heterocycles. The molecule has 0 unspecified atom stereocenters. The number of rotatable bonds is 5. The first-order chi connectivity index (χ1) is 9.75. The van der Waals surface area contributed by atoms with Crippen molar-refractivity contribution in [2.75, 3.05) is 11.9 Å². The lowest BCUT2D eigenvalue weighted by Crippen LogP contribution is -2.15. The number of hydrogen-bond donors (Lipinski definition) is 1. The van der Waals surface area contributed by atoms with Crippen LogP contribution in [0.5, 0.6) is 0 Å². The second-order valence-electron chi connectivity index (χ2n) is 5.30. The van der Waals surface area contributed by atoms with Crippen LogP contribution in [-0.2, 0) is 0 Å². The topological polar surface area (TPSA) is 68.1 Å². The number of nitrogens with zero attached hydrogens (tertiary/aromatic N) is 2. The Kier molecular flexibility index (Phi) is 3.50. The molecule has 1 fully saturated rings. The lowest BCUT2D eigenvalue weighted by molar-refractivity contribution is -0.383. The minimum Gasteiger partial charge on any atom is -0.383 e. The maximum Gasteiger partial charge on any atom is 0.278 e. The smallest absolute Gasteiger partial charge is 0.278 e. The number of non-ortho nitro benzene ring substituents is 1. The minimum atomic E-state index is -0.359. The number of pyridine rings is 1. The van der Waals surface area contributed by atoms with Gasteiger partial charge in [0, 0.05) is 18.8 Å². The Morgan fingerprint density at radius 3 is 2.90 bits per heavy atom. The predicted molar refractivity (Wildman–Crippen MR) is 78.8 cm³/mol. The molecule has 2 aromatic rings. The molecule has 20 heavy (non-hydrogen) atoms. The van der Waals surface area contributed by atoms with Gasteiger partial charge in [-0.3, -0.25) is 15.1 Å². The van der Waals surface area contributed by atoms with E-state index in [1.807, 2.05) is 0 Å². The summed E-state index contributed by atoms with van der Waals surface area (Å²) in [6.07, 6.45) is 6.85. The zero-order chi connectivity index (χ0) is 13.9. The van der Waals surface area contributed by atoms with Crippen LogP contribution in [0.1, 0.15) is 25.7 Å². The average Bonchev–Trinajstić information content (AvgIpc) is 2.41. The number of anilines is 1. The van der Waals surface area contributed by atoms with E-state index in [0.29, 0.717) is 10.9 Å². The van der Waals surface area contributed by atoms with Crippen LogP contribution in [0.25, 0.3) is 10.9 Å². The van der Waals surface area contributed by atoms with Crippen LogP contribution < -0.4 is 5.32 Å². The molecular formula is C15H17N3O2. The molecule has 1 heterocycles. The summed E-state index contributed by atoms with van der Waals surface area (Å²) in [5.41, 5.74) is 1.67. The molecule has 1 aromatic carbocycles. The van der Waals surface area contributed by atoms with Crippen molar-refractivity contribution in [3.05, 3.63) is 40.6 Å². The predicted octanol–water partition coefficient (Wildman–Crippen LogP) is 3.75. The molecule has 1 saturated carbocycles. The van der Waals surface area contributed by atoms with Crippen molar-refractivity contribution in [2.24, 2.45) is 5.92 Å². The quantitative estimate of drug-likeness (QED) is 0.664. The lowest BCUT2D eigenvalue weighted by atomic mass is 9.83. The highest BCUT2D eigenvalue weighted by Crippen LogP contribution is 2.31. The highest BCUT2D eigenvalue weighted by Gasteiger charge is 2.17. The van der Waals surface area contributed by atoms with Gasteiger partial charge < -0.3 is 5.32 Å². The summed E-state index contributed by atoms with van der Waals surface area (Å²) < 4.78 is 0. The third kappa shape index (κ3) is 2.43. The molecule has 3 rings (SSSR count). The standard InChI is InChI=1S/C15H17N3O2/c19-18(20)14-7-6-13(15-12(14)5-2-9-17-15)16-10-8-11-3-1-4-11/h2,5-7,9,11,16H,1,3-4,8,10H2. The van der Waals surface area contributed by atoms with E-state index in [4.69, 9.17) is 0 Å². The van der Waals surface area contributed by atoms with Crippen molar-refractivity contribution >= 4 is 22.3 Å². The van der Waals surface area contributed by atoms with Crippen molar-refractivity contribution in [2.45, 2.75) is 25.7 Å². The van der Waals surface area contributed by atoms with E-state index in [0.717, 1.165) is 24.6 Å². The largest absolute Gasteiger partial charge is 0.383 e. The Balaban J connectivity index is 1.83. The number of hydrogen-bond acceptors (Lipinski definition) is 4. The summed E-state index contributed by atoms with van der Waals surface area (Å²) in [4.78, 5) is 15.0. The van der Waals surface area contributed by atoms with Gasteiger partial charge in [0.1, 0.15) is 5.52 Å². The third-order valence-electron chi connectivity index (χ3n) is 4.04. The highest BCUT2D eigenvalue weighted by molar-refractivity contribution is 5.96. The summed E-state index contributed by atoms with van der Waals surface area (Å²) in [6, 6.07) is 6.79. The molecule has 0 aliphatic heterocycles. The number of nitro groups is 1. The van der Waals surface area contributed by atoms with E-state index < -0.39 is 0 Å². The van der Waals surface area contributed by atoms with Gasteiger partial charge in [-0.25, -0.2) is 0 Å². The van der Waals surface area contributed by atoms with Crippen molar-refractivity contribution in [3.63, 3.8) is 0 Å². The van der Waals surface area contributed by atoms with Gasteiger partial charge in [0.15, 0.2) is 0 Å². The average molecular weight is 271 g/mol. The number of aromatic nitrogens is 1. The molecule has 104 valence electrons. The molecule has 1 N–H and O–H groups in total. The van der Waals surface area contributed by atoms with Gasteiger partial charge in [-0.05, 0) is 30.5 Å². The van der Waals surface area contributed by atoms with Crippen LogP contribution in [0.2, 0.25) is 0 Å². The number of benzene rings is 1. The molecule has 1 aliphatic rings. The number of fused-ring (bicyclic) bond motifs is 1. The molecule has 0 bridgehead atoms. The molecule has 0 atom stereocenters. The first-order valence-corrected chi connectivity index (χ1v) is 7.01. The molecule has 5 nitrogen and oxygen atoms in total. The summed E-state index contributed by atoms with van der Waals surface area (Å²) >= 11 is 0. The van der Waals surface area contributed by atoms with Crippen molar-refractivity contribution in [1.82, 2.24) is 4.98 Å². The maximum absolute atomic E-state index is 11.0. The van der Waals surface area contributed by atoms with E-state index in [-0.39, 0.29) is 10.6 Å². The van der Waals surface area contributed by atoms with Gasteiger partial charge in [0.25, 0.3) is 5.69 Å². The van der Waals surface area contributed by atoms with Gasteiger partial charge in [-0.1, -0.05) is 19.3 Å². The van der Waals surface area contributed by atoms with Crippen LogP contribution in [-0.4, -0.2) is 16.5 Å². The van der Waals surface area contributed by atoms with Gasteiger partial charge >= 0.3 is 0 Å². The molecule has 5 heteroatoms. The SMILES string of the molecule is O=[N+]([O-])c1ccc(NCCC2CCC2)c2ncccc12. The molecule has 1 aliphatic carbocycles. The first kappa shape index (κ1) is 12.8. The Bertz CT molecular complexity index is 638. The van der Waals surface area contributed by atoms with Crippen molar-refractivity contribution < 1.29 is 4.92 Å². The fourth-order valence-electron chi connectivity index (χ4n) is 2.65. The van der Waals surface area contributed by atoms with E-state index in [1.54, 1.807) is 30.5 Å². The molecule has 0 radical (unpaired) electrons. The normalized spacial score (nSPS) is 15.0. The fraction of sp³-hybridized carbons (Fsp3) is 0.400. The monoisotopic (exact) mass is 271 g/mol. The van der Waals surface area contributed by atoms with Gasteiger partial charge in [-0.2, -0.15) is 0 Å². The van der Waals surface area contributed by atoms with Crippen LogP contribution in [0.15, 0.2) is 30.5 Å². The summed E-state index contributed by atoms with van der Waals surface area (Å²) in [7, 11) is 0. The van der Waals surface area contributed by atoms with E-state index in [9.17, 15) is 10.1 Å². The summed E-state index contributed by atoms with van der Waals surface area (Å²) in [6.45, 7) is 0.897. The molecule has 0 amide bonds. The zero-order valence-corrected chi connectivity index (χ0v) is 11.2. The minimum absolute atomic E-state index is 0.109. The molecular weight excluding hydrogens is 254 g/mol. The Morgan fingerprint density at radius 2 is 2.20 bits per heavy atom. The zero-order valence-electron chi connectivity index (χ0n) is 11.2. The fourth-order valence-corrected chi connectivity index (χ4v) is 2.65. The maximum atomic E-state index is 11.0. The number of nitro benzene ring substituents is 1. The molecule has 0 spiro atoms. The number of nitrogens with one attached hydrogen (secondary N) is 1. The van der Waals surface area contributed by atoms with Crippen LogP contribution >= 0.6 is 0 Å². The third-order valence-corrected chi connectivity index (χ3v) is 4.04. The Hall–Kier alpha value is -2.17. The van der Waals surface area contributed by atoms with Crippen molar-refractivity contribution in [1.29, 1.82) is 0 Å². The van der Waals surface area contributed by atoms with Gasteiger partial charge in [-0.15, -0.1) is 0 Å². The van der Waals surface area contributed by atoms with Crippen LogP contribution in [0.4, 0.5) is 11.4 Å². The van der Waals surface area contributed by atoms with E-state index >= 15 is 0 Å². The van der Waals surface area contributed by atoms with E-state index in [2.05, 4.69) is 10.3 Å². The Morgan fingerprint density at radius 1 is 1.35 bits per heavy atom. The second-order valence-corrected chi connectivity index (χ2v) is 5.30. The highest BCUT2D eigenvalue weighted by atomic mass is 16.6. The van der Waals surface area contributed by atoms with Crippen molar-refractivity contribution in [3.8, 4) is 0 Å². The first-order valence-electron chi connectivity index (χ1n) is 7.01. The molecule has 0 saturated heterocycles.